The van der Waals surface area contributed by atoms with Crippen LogP contribution in [0.1, 0.15) is 22.8 Å². The first kappa shape index (κ1) is 15.0. The third-order valence-corrected chi connectivity index (χ3v) is 3.05. The molecule has 0 aliphatic heterocycles. The van der Waals surface area contributed by atoms with Crippen molar-refractivity contribution < 1.29 is 9.59 Å². The van der Waals surface area contributed by atoms with Crippen LogP contribution >= 0.6 is 11.6 Å². The number of rotatable bonds is 4. The van der Waals surface area contributed by atoms with E-state index in [0.717, 1.165) is 5.56 Å². The van der Waals surface area contributed by atoms with Crippen LogP contribution in [-0.2, 0) is 4.79 Å². The van der Waals surface area contributed by atoms with Gasteiger partial charge in [0.1, 0.15) is 0 Å². The van der Waals surface area contributed by atoms with Gasteiger partial charge in [-0.2, -0.15) is 0 Å². The van der Waals surface area contributed by atoms with Crippen LogP contribution in [0.2, 0.25) is 5.02 Å². The Balaban J connectivity index is 2.35. The van der Waals surface area contributed by atoms with Crippen molar-refractivity contribution in [3.63, 3.8) is 0 Å². The van der Waals surface area contributed by atoms with E-state index >= 15 is 0 Å². The minimum atomic E-state index is -0.239. The van der Waals surface area contributed by atoms with Crippen molar-refractivity contribution >= 4 is 29.0 Å². The van der Waals surface area contributed by atoms with Crippen molar-refractivity contribution in [2.75, 3.05) is 0 Å². The molecule has 2 aromatic carbocycles. The summed E-state index contributed by atoms with van der Waals surface area (Å²) in [6.07, 6.45) is 1.42. The zero-order valence-corrected chi connectivity index (χ0v) is 12.2. The summed E-state index contributed by atoms with van der Waals surface area (Å²) in [5.41, 5.74) is 1.74. The Morgan fingerprint density at radius 2 is 1.57 bits per heavy atom. The molecule has 0 unspecified atom stereocenters. The summed E-state index contributed by atoms with van der Waals surface area (Å²) in [5.74, 6) is -0.411. The van der Waals surface area contributed by atoms with Crippen LogP contribution < -0.4 is 5.32 Å². The normalized spacial score (nSPS) is 11.0. The van der Waals surface area contributed by atoms with Gasteiger partial charge in [0.25, 0.3) is 0 Å². The van der Waals surface area contributed by atoms with E-state index in [-0.39, 0.29) is 11.7 Å². The van der Waals surface area contributed by atoms with E-state index in [9.17, 15) is 9.59 Å². The minimum Gasteiger partial charge on any atom is -0.326 e. The van der Waals surface area contributed by atoms with Crippen molar-refractivity contribution in [2.24, 2.45) is 0 Å². The number of carbonyl (C=O) groups excluding carboxylic acids is 2. The first-order valence-corrected chi connectivity index (χ1v) is 6.78. The number of carbonyl (C=O) groups is 2. The number of benzene rings is 2. The maximum Gasteiger partial charge on any atom is 0.221 e. The van der Waals surface area contributed by atoms with Gasteiger partial charge in [-0.05, 0) is 17.7 Å². The van der Waals surface area contributed by atoms with Crippen molar-refractivity contribution in [1.29, 1.82) is 0 Å². The highest BCUT2D eigenvalue weighted by atomic mass is 35.5. The predicted octanol–water partition coefficient (Wildman–Crippen LogP) is 3.70. The predicted molar refractivity (Wildman–Crippen MR) is 84.0 cm³/mol. The zero-order valence-electron chi connectivity index (χ0n) is 11.5. The van der Waals surface area contributed by atoms with Crippen molar-refractivity contribution in [1.82, 2.24) is 5.32 Å². The molecule has 0 spiro atoms. The zero-order chi connectivity index (χ0) is 15.2. The van der Waals surface area contributed by atoms with Crippen molar-refractivity contribution in [3.8, 4) is 0 Å². The highest BCUT2D eigenvalue weighted by Crippen LogP contribution is 2.16. The molecular weight excluding hydrogens is 286 g/mol. The molecule has 21 heavy (non-hydrogen) atoms. The van der Waals surface area contributed by atoms with Gasteiger partial charge in [-0.25, -0.2) is 0 Å². The van der Waals surface area contributed by atoms with Gasteiger partial charge in [-0.3, -0.25) is 9.59 Å². The van der Waals surface area contributed by atoms with Gasteiger partial charge in [0.05, 0.1) is 5.70 Å². The Kier molecular flexibility index (Phi) is 4.90. The molecule has 1 N–H and O–H groups in total. The van der Waals surface area contributed by atoms with Crippen LogP contribution in [0.5, 0.6) is 0 Å². The molecule has 0 atom stereocenters. The van der Waals surface area contributed by atoms with Crippen molar-refractivity contribution in [3.05, 3.63) is 76.8 Å². The number of halogens is 1. The van der Waals surface area contributed by atoms with E-state index < -0.39 is 0 Å². The Morgan fingerprint density at radius 1 is 0.952 bits per heavy atom. The van der Waals surface area contributed by atoms with E-state index in [2.05, 4.69) is 5.32 Å². The van der Waals surface area contributed by atoms with Crippen LogP contribution in [0.4, 0.5) is 0 Å². The highest BCUT2D eigenvalue weighted by molar-refractivity contribution is 6.30. The summed E-state index contributed by atoms with van der Waals surface area (Å²) in [5, 5.41) is 3.27. The van der Waals surface area contributed by atoms with E-state index in [4.69, 9.17) is 11.6 Å². The standard InChI is InChI=1S/C17H14ClNO2/c1-12(20)19-16(13-7-9-15(18)10-8-13)11-17(21)14-5-3-2-4-6-14/h2-11H,1H3,(H,19,20)/b16-11-. The summed E-state index contributed by atoms with van der Waals surface area (Å²) in [6, 6.07) is 15.8. The summed E-state index contributed by atoms with van der Waals surface area (Å²) >= 11 is 5.85. The first-order valence-electron chi connectivity index (χ1n) is 6.41. The summed E-state index contributed by atoms with van der Waals surface area (Å²) in [4.78, 5) is 23.5. The monoisotopic (exact) mass is 299 g/mol. The molecule has 0 aromatic heterocycles. The molecule has 0 aliphatic rings. The first-order chi connectivity index (χ1) is 10.1. The van der Waals surface area contributed by atoms with Crippen LogP contribution in [0.3, 0.4) is 0 Å². The maximum atomic E-state index is 12.2. The minimum absolute atomic E-state index is 0.172. The molecule has 0 saturated carbocycles. The third-order valence-electron chi connectivity index (χ3n) is 2.80. The second-order valence-corrected chi connectivity index (χ2v) is 4.91. The van der Waals surface area contributed by atoms with Crippen LogP contribution in [0.15, 0.2) is 60.7 Å². The van der Waals surface area contributed by atoms with E-state index in [0.29, 0.717) is 16.3 Å². The Hall–Kier alpha value is -2.39. The van der Waals surface area contributed by atoms with Gasteiger partial charge < -0.3 is 5.32 Å². The lowest BCUT2D eigenvalue weighted by atomic mass is 10.1. The molecule has 0 aliphatic carbocycles. The van der Waals surface area contributed by atoms with Gasteiger partial charge in [0.2, 0.25) is 5.91 Å². The van der Waals surface area contributed by atoms with Gasteiger partial charge >= 0.3 is 0 Å². The average Bonchev–Trinajstić information content (AvgIpc) is 2.48. The number of nitrogens with one attached hydrogen (secondary N) is 1. The lowest BCUT2D eigenvalue weighted by Crippen LogP contribution is -2.19. The summed E-state index contributed by atoms with van der Waals surface area (Å²) in [7, 11) is 0. The molecule has 0 bridgehead atoms. The summed E-state index contributed by atoms with van der Waals surface area (Å²) in [6.45, 7) is 1.40. The van der Waals surface area contributed by atoms with E-state index in [1.165, 1.54) is 13.0 Å². The number of hydrogen-bond acceptors (Lipinski definition) is 2. The molecule has 4 heteroatoms. The molecule has 3 nitrogen and oxygen atoms in total. The van der Waals surface area contributed by atoms with Gasteiger partial charge in [-0.15, -0.1) is 0 Å². The molecule has 2 aromatic rings. The largest absolute Gasteiger partial charge is 0.326 e. The lowest BCUT2D eigenvalue weighted by Gasteiger charge is -2.08. The topological polar surface area (TPSA) is 46.2 Å². The third kappa shape index (κ3) is 4.29. The fraction of sp³-hybridized carbons (Fsp3) is 0.0588. The molecule has 0 radical (unpaired) electrons. The molecule has 0 saturated heterocycles. The number of hydrogen-bond donors (Lipinski definition) is 1. The lowest BCUT2D eigenvalue weighted by molar-refractivity contribution is -0.117. The van der Waals surface area contributed by atoms with Gasteiger partial charge in [0.15, 0.2) is 5.78 Å². The van der Waals surface area contributed by atoms with Crippen LogP contribution in [-0.4, -0.2) is 11.7 Å². The highest BCUT2D eigenvalue weighted by Gasteiger charge is 2.08. The van der Waals surface area contributed by atoms with Gasteiger partial charge in [-0.1, -0.05) is 54.1 Å². The van der Waals surface area contributed by atoms with Gasteiger partial charge in [0, 0.05) is 23.6 Å². The summed E-state index contributed by atoms with van der Waals surface area (Å²) < 4.78 is 0. The Morgan fingerprint density at radius 3 is 2.14 bits per heavy atom. The molecule has 106 valence electrons. The Bertz CT molecular complexity index is 676. The van der Waals surface area contributed by atoms with Crippen LogP contribution in [0, 0.1) is 0 Å². The Labute approximate surface area is 128 Å². The fourth-order valence-electron chi connectivity index (χ4n) is 1.83. The molecule has 0 fully saturated rings. The van der Waals surface area contributed by atoms with E-state index in [1.54, 1.807) is 48.5 Å². The maximum absolute atomic E-state index is 12.2. The molecule has 2 rings (SSSR count). The SMILES string of the molecule is CC(=O)N/C(=C\C(=O)c1ccccc1)c1ccc(Cl)cc1. The second kappa shape index (κ2) is 6.86. The van der Waals surface area contributed by atoms with Crippen LogP contribution in [0.25, 0.3) is 5.70 Å². The fourth-order valence-corrected chi connectivity index (χ4v) is 1.95. The van der Waals surface area contributed by atoms with E-state index in [1.807, 2.05) is 6.07 Å². The molecule has 1 amide bonds. The number of amides is 1. The number of allylic oxidation sites excluding steroid dienone is 1. The molecular formula is C17H14ClNO2. The quantitative estimate of drug-likeness (QED) is 0.691. The molecule has 0 heterocycles. The number of ketones is 1. The smallest absolute Gasteiger partial charge is 0.221 e. The second-order valence-electron chi connectivity index (χ2n) is 4.48. The van der Waals surface area contributed by atoms with Crippen molar-refractivity contribution in [2.45, 2.75) is 6.92 Å². The average molecular weight is 300 g/mol.